The van der Waals surface area contributed by atoms with Crippen LogP contribution >= 0.6 is 0 Å². The lowest BCUT2D eigenvalue weighted by Gasteiger charge is -2.09. The molecule has 132 valence electrons. The molecule has 2 amide bonds. The quantitative estimate of drug-likeness (QED) is 0.841. The number of nitrogens with one attached hydrogen (secondary N) is 2. The highest BCUT2D eigenvalue weighted by molar-refractivity contribution is 5.81. The Labute approximate surface area is 146 Å². The van der Waals surface area contributed by atoms with Gasteiger partial charge in [0.15, 0.2) is 0 Å². The van der Waals surface area contributed by atoms with Crippen molar-refractivity contribution in [1.82, 2.24) is 15.6 Å². The van der Waals surface area contributed by atoms with E-state index >= 15 is 0 Å². The summed E-state index contributed by atoms with van der Waals surface area (Å²) in [4.78, 5) is 26.7. The Kier molecular flexibility index (Phi) is 6.33. The minimum atomic E-state index is -0.650. The lowest BCUT2D eigenvalue weighted by atomic mass is 10.1. The van der Waals surface area contributed by atoms with E-state index in [1.165, 1.54) is 12.7 Å². The Morgan fingerprint density at radius 1 is 1.08 bits per heavy atom. The number of amides is 2. The van der Waals surface area contributed by atoms with Crippen molar-refractivity contribution in [2.75, 3.05) is 13.7 Å². The second-order valence-electron chi connectivity index (χ2n) is 5.47. The van der Waals surface area contributed by atoms with Crippen molar-refractivity contribution in [2.24, 2.45) is 0 Å². The van der Waals surface area contributed by atoms with Crippen LogP contribution in [0.15, 0.2) is 36.5 Å². The number of pyridine rings is 1. The molecule has 7 nitrogen and oxygen atoms in total. The summed E-state index contributed by atoms with van der Waals surface area (Å²) in [5.41, 5.74) is 3.16. The van der Waals surface area contributed by atoms with Crippen LogP contribution in [0.1, 0.15) is 16.7 Å². The Balaban J connectivity index is 1.91. The zero-order chi connectivity index (χ0) is 18.2. The van der Waals surface area contributed by atoms with Gasteiger partial charge in [0.1, 0.15) is 12.3 Å². The van der Waals surface area contributed by atoms with Gasteiger partial charge in [-0.05, 0) is 48.7 Å². The molecule has 0 aliphatic heterocycles. The van der Waals surface area contributed by atoms with Crippen molar-refractivity contribution >= 4 is 12.0 Å². The van der Waals surface area contributed by atoms with Gasteiger partial charge in [-0.2, -0.15) is 0 Å². The fourth-order valence-corrected chi connectivity index (χ4v) is 2.00. The predicted octanol–water partition coefficient (Wildman–Crippen LogP) is 2.46. The van der Waals surface area contributed by atoms with E-state index in [2.05, 4.69) is 20.4 Å². The van der Waals surface area contributed by atoms with E-state index in [4.69, 9.17) is 4.74 Å². The molecular weight excluding hydrogens is 322 g/mol. The number of benzene rings is 1. The smallest absolute Gasteiger partial charge is 0.407 e. The van der Waals surface area contributed by atoms with Crippen LogP contribution in [0.5, 0.6) is 11.6 Å². The van der Waals surface area contributed by atoms with Crippen molar-refractivity contribution in [1.29, 1.82) is 0 Å². The summed E-state index contributed by atoms with van der Waals surface area (Å²) in [5.74, 6) is 0.834. The number of carbonyl (C=O) groups excluding carboxylic acids is 2. The molecule has 0 bridgehead atoms. The minimum Gasteiger partial charge on any atom is -0.453 e. The van der Waals surface area contributed by atoms with E-state index in [1.54, 1.807) is 18.3 Å². The first-order chi connectivity index (χ1) is 12.0. The van der Waals surface area contributed by atoms with Crippen molar-refractivity contribution < 1.29 is 19.1 Å². The van der Waals surface area contributed by atoms with E-state index in [-0.39, 0.29) is 12.5 Å². The summed E-state index contributed by atoms with van der Waals surface area (Å²) >= 11 is 0. The Hall–Kier alpha value is -3.09. The highest BCUT2D eigenvalue weighted by Gasteiger charge is 2.06. The monoisotopic (exact) mass is 343 g/mol. The van der Waals surface area contributed by atoms with Gasteiger partial charge in [-0.15, -0.1) is 0 Å². The zero-order valence-corrected chi connectivity index (χ0v) is 14.5. The maximum Gasteiger partial charge on any atom is 0.407 e. The van der Waals surface area contributed by atoms with E-state index in [0.717, 1.165) is 11.1 Å². The molecule has 0 spiro atoms. The van der Waals surface area contributed by atoms with Gasteiger partial charge in [-0.25, -0.2) is 9.78 Å². The summed E-state index contributed by atoms with van der Waals surface area (Å²) in [6.07, 6.45) is 0.966. The first kappa shape index (κ1) is 18.3. The summed E-state index contributed by atoms with van der Waals surface area (Å²) in [5, 5.41) is 5.01. The Morgan fingerprint density at radius 3 is 2.60 bits per heavy atom. The first-order valence-corrected chi connectivity index (χ1v) is 7.76. The molecule has 2 aromatic rings. The average molecular weight is 343 g/mol. The van der Waals surface area contributed by atoms with E-state index in [1.807, 2.05) is 32.0 Å². The van der Waals surface area contributed by atoms with Crippen molar-refractivity contribution in [3.8, 4) is 11.6 Å². The SMILES string of the molecule is COC(=O)NCC(=O)NCc1ccnc(Oc2ccc(C)c(C)c2)c1. The molecule has 0 radical (unpaired) electrons. The zero-order valence-electron chi connectivity index (χ0n) is 14.5. The van der Waals surface area contributed by atoms with Crippen molar-refractivity contribution in [3.05, 3.63) is 53.2 Å². The number of hydrogen-bond acceptors (Lipinski definition) is 5. The second kappa shape index (κ2) is 8.68. The molecule has 1 aromatic carbocycles. The van der Waals surface area contributed by atoms with Crippen LogP contribution in [0.3, 0.4) is 0 Å². The molecule has 0 unspecified atom stereocenters. The van der Waals surface area contributed by atoms with Crippen LogP contribution in [0.4, 0.5) is 4.79 Å². The number of aryl methyl sites for hydroxylation is 2. The molecular formula is C18H21N3O4. The fraction of sp³-hybridized carbons (Fsp3) is 0.278. The molecule has 0 atom stereocenters. The van der Waals surface area contributed by atoms with Crippen LogP contribution < -0.4 is 15.4 Å². The second-order valence-corrected chi connectivity index (χ2v) is 5.47. The van der Waals surface area contributed by atoms with Gasteiger partial charge in [0.25, 0.3) is 0 Å². The summed E-state index contributed by atoms with van der Waals surface area (Å²) < 4.78 is 10.2. The van der Waals surface area contributed by atoms with Gasteiger partial charge >= 0.3 is 6.09 Å². The summed E-state index contributed by atoms with van der Waals surface area (Å²) in [6, 6.07) is 9.36. The van der Waals surface area contributed by atoms with Gasteiger partial charge in [-0.3, -0.25) is 4.79 Å². The third kappa shape index (κ3) is 5.80. The molecule has 25 heavy (non-hydrogen) atoms. The number of nitrogens with zero attached hydrogens (tertiary/aromatic N) is 1. The molecule has 2 N–H and O–H groups in total. The molecule has 0 aliphatic rings. The topological polar surface area (TPSA) is 89.5 Å². The molecule has 1 heterocycles. The van der Waals surface area contributed by atoms with Gasteiger partial charge in [0.05, 0.1) is 7.11 Å². The van der Waals surface area contributed by atoms with Gasteiger partial charge in [-0.1, -0.05) is 6.07 Å². The number of ether oxygens (including phenoxy) is 2. The molecule has 0 saturated carbocycles. The fourth-order valence-electron chi connectivity index (χ4n) is 2.00. The minimum absolute atomic E-state index is 0.149. The van der Waals surface area contributed by atoms with Crippen LogP contribution in [0.25, 0.3) is 0 Å². The molecule has 7 heteroatoms. The number of hydrogen-bond donors (Lipinski definition) is 2. The van der Waals surface area contributed by atoms with Gasteiger partial charge < -0.3 is 20.1 Å². The van der Waals surface area contributed by atoms with Crippen LogP contribution in [0, 0.1) is 13.8 Å². The van der Waals surface area contributed by atoms with E-state index < -0.39 is 6.09 Å². The molecule has 0 aliphatic carbocycles. The Bertz CT molecular complexity index is 762. The molecule has 0 fully saturated rings. The Morgan fingerprint density at radius 2 is 1.88 bits per heavy atom. The predicted molar refractivity (Wildman–Crippen MR) is 92.5 cm³/mol. The number of alkyl carbamates (subject to hydrolysis) is 1. The number of carbonyl (C=O) groups is 2. The van der Waals surface area contributed by atoms with Gasteiger partial charge in [0, 0.05) is 18.8 Å². The van der Waals surface area contributed by atoms with Crippen LogP contribution in [0.2, 0.25) is 0 Å². The lowest BCUT2D eigenvalue weighted by Crippen LogP contribution is -2.36. The summed E-state index contributed by atoms with van der Waals surface area (Å²) in [7, 11) is 1.24. The third-order valence-corrected chi connectivity index (χ3v) is 3.57. The van der Waals surface area contributed by atoms with E-state index in [9.17, 15) is 9.59 Å². The largest absolute Gasteiger partial charge is 0.453 e. The lowest BCUT2D eigenvalue weighted by molar-refractivity contribution is -0.120. The highest BCUT2D eigenvalue weighted by atomic mass is 16.5. The maximum absolute atomic E-state index is 11.7. The summed E-state index contributed by atoms with van der Waals surface area (Å²) in [6.45, 7) is 4.21. The van der Waals surface area contributed by atoms with Gasteiger partial charge in [0.2, 0.25) is 11.8 Å². The standard InChI is InChI=1S/C18H21N3O4/c1-12-4-5-15(8-13(12)2)25-17-9-14(6-7-19-17)10-20-16(22)11-21-18(23)24-3/h4-9H,10-11H2,1-3H3,(H,20,22)(H,21,23). The van der Waals surface area contributed by atoms with Crippen LogP contribution in [-0.2, 0) is 16.1 Å². The molecule has 2 rings (SSSR count). The molecule has 0 saturated heterocycles. The number of methoxy groups -OCH3 is 1. The normalized spacial score (nSPS) is 10.0. The maximum atomic E-state index is 11.7. The van der Waals surface area contributed by atoms with Crippen molar-refractivity contribution in [2.45, 2.75) is 20.4 Å². The molecule has 1 aromatic heterocycles. The van der Waals surface area contributed by atoms with Crippen molar-refractivity contribution in [3.63, 3.8) is 0 Å². The highest BCUT2D eigenvalue weighted by Crippen LogP contribution is 2.22. The number of aromatic nitrogens is 1. The first-order valence-electron chi connectivity index (χ1n) is 7.76. The van der Waals surface area contributed by atoms with Crippen LogP contribution in [-0.4, -0.2) is 30.6 Å². The average Bonchev–Trinajstić information content (AvgIpc) is 2.61. The third-order valence-electron chi connectivity index (χ3n) is 3.57. The van der Waals surface area contributed by atoms with E-state index in [0.29, 0.717) is 18.2 Å². The number of rotatable bonds is 6.